The van der Waals surface area contributed by atoms with E-state index in [-0.39, 0.29) is 24.6 Å². The van der Waals surface area contributed by atoms with Crippen molar-refractivity contribution in [2.45, 2.75) is 0 Å². The van der Waals surface area contributed by atoms with Crippen molar-refractivity contribution in [2.24, 2.45) is 0 Å². The first-order valence-corrected chi connectivity index (χ1v) is 8.96. The topological polar surface area (TPSA) is 78.2 Å². The number of benzene rings is 2. The molecule has 1 aliphatic rings. The van der Waals surface area contributed by atoms with Gasteiger partial charge in [-0.25, -0.2) is 9.59 Å². The fourth-order valence-electron chi connectivity index (χ4n) is 3.29. The van der Waals surface area contributed by atoms with Crippen molar-refractivity contribution in [2.75, 3.05) is 32.5 Å². The van der Waals surface area contributed by atoms with Gasteiger partial charge in [-0.1, -0.05) is 30.3 Å². The molecule has 1 aromatic heterocycles. The Morgan fingerprint density at radius 1 is 0.966 bits per heavy atom. The van der Waals surface area contributed by atoms with Crippen LogP contribution < -0.4 is 4.90 Å². The van der Waals surface area contributed by atoms with E-state index in [2.05, 4.69) is 0 Å². The highest BCUT2D eigenvalue weighted by atomic mass is 16.5. The summed E-state index contributed by atoms with van der Waals surface area (Å²) >= 11 is 0. The summed E-state index contributed by atoms with van der Waals surface area (Å²) in [6.45, 7) is 0.0690. The highest BCUT2D eigenvalue weighted by molar-refractivity contribution is 6.03. The smallest absolute Gasteiger partial charge is 0.355 e. The van der Waals surface area contributed by atoms with Crippen LogP contribution in [0.5, 0.6) is 0 Å². The molecule has 1 aliphatic heterocycles. The number of hydrogen-bond acceptors (Lipinski definition) is 7. The predicted octanol–water partition coefficient (Wildman–Crippen LogP) is 3.49. The largest absolute Gasteiger partial charge is 0.466 e. The number of carbonyl (C=O) groups is 2. The summed E-state index contributed by atoms with van der Waals surface area (Å²) in [6, 6.07) is 17.2. The molecular formula is C22H19NO6. The number of furan rings is 1. The van der Waals surface area contributed by atoms with E-state index in [4.69, 9.17) is 18.6 Å². The Bertz CT molecular complexity index is 1100. The van der Waals surface area contributed by atoms with Gasteiger partial charge in [-0.15, -0.1) is 0 Å². The fraction of sp³-hybridized carbons (Fsp3) is 0.182. The SMILES string of the molecule is COC(=O)C1=C(C(=O)OC)N(c2ccc3oc(-c4ccccc4)cc3c2)COC1. The van der Waals surface area contributed by atoms with Crippen LogP contribution >= 0.6 is 0 Å². The van der Waals surface area contributed by atoms with Crippen LogP contribution in [0, 0.1) is 0 Å². The average molecular weight is 393 g/mol. The van der Waals surface area contributed by atoms with Gasteiger partial charge in [-0.05, 0) is 24.3 Å². The van der Waals surface area contributed by atoms with Gasteiger partial charge in [0.2, 0.25) is 0 Å². The van der Waals surface area contributed by atoms with Gasteiger partial charge in [0.15, 0.2) is 0 Å². The van der Waals surface area contributed by atoms with E-state index in [1.807, 2.05) is 48.5 Å². The Labute approximate surface area is 167 Å². The van der Waals surface area contributed by atoms with E-state index in [9.17, 15) is 9.59 Å². The first kappa shape index (κ1) is 18.8. The number of ether oxygens (including phenoxy) is 3. The van der Waals surface area contributed by atoms with Crippen molar-refractivity contribution in [1.29, 1.82) is 0 Å². The molecule has 0 radical (unpaired) electrons. The number of carbonyl (C=O) groups excluding carboxylic acids is 2. The van der Waals surface area contributed by atoms with E-state index in [0.29, 0.717) is 11.3 Å². The second-order valence-corrected chi connectivity index (χ2v) is 6.41. The fourth-order valence-corrected chi connectivity index (χ4v) is 3.29. The minimum Gasteiger partial charge on any atom is -0.466 e. The van der Waals surface area contributed by atoms with Crippen LogP contribution in [0.2, 0.25) is 0 Å². The van der Waals surface area contributed by atoms with Crippen molar-refractivity contribution >= 4 is 28.6 Å². The lowest BCUT2D eigenvalue weighted by atomic mass is 10.1. The van der Waals surface area contributed by atoms with Crippen LogP contribution in [-0.4, -0.2) is 39.5 Å². The molecule has 0 saturated carbocycles. The highest BCUT2D eigenvalue weighted by Crippen LogP contribution is 2.33. The number of nitrogens with zero attached hydrogens (tertiary/aromatic N) is 1. The average Bonchev–Trinajstić information content (AvgIpc) is 3.21. The second kappa shape index (κ2) is 7.81. The molecule has 7 nitrogen and oxygen atoms in total. The molecule has 0 unspecified atom stereocenters. The minimum absolute atomic E-state index is 0.0281. The highest BCUT2D eigenvalue weighted by Gasteiger charge is 2.32. The lowest BCUT2D eigenvalue weighted by Crippen LogP contribution is -2.38. The summed E-state index contributed by atoms with van der Waals surface area (Å²) in [6.07, 6.45) is 0. The number of anilines is 1. The number of hydrogen-bond donors (Lipinski definition) is 0. The summed E-state index contributed by atoms with van der Waals surface area (Å²) in [7, 11) is 2.52. The maximum atomic E-state index is 12.4. The second-order valence-electron chi connectivity index (χ2n) is 6.41. The molecule has 148 valence electrons. The van der Waals surface area contributed by atoms with Gasteiger partial charge in [0.05, 0.1) is 26.4 Å². The molecular weight excluding hydrogens is 374 g/mol. The molecule has 0 aliphatic carbocycles. The Morgan fingerprint density at radius 3 is 2.45 bits per heavy atom. The Hall–Kier alpha value is -3.58. The Kier molecular flexibility index (Phi) is 5.05. The van der Waals surface area contributed by atoms with Crippen LogP contribution in [0.1, 0.15) is 0 Å². The quantitative estimate of drug-likeness (QED) is 0.628. The van der Waals surface area contributed by atoms with E-state index in [1.54, 1.807) is 11.0 Å². The number of methoxy groups -OCH3 is 2. The molecule has 0 spiro atoms. The minimum atomic E-state index is -0.633. The van der Waals surface area contributed by atoms with Crippen molar-refractivity contribution in [3.8, 4) is 11.3 Å². The molecule has 0 bridgehead atoms. The molecule has 0 saturated heterocycles. The van der Waals surface area contributed by atoms with E-state index in [1.165, 1.54) is 14.2 Å². The monoisotopic (exact) mass is 393 g/mol. The molecule has 3 aromatic rings. The normalized spacial score (nSPS) is 14.2. The molecule has 29 heavy (non-hydrogen) atoms. The van der Waals surface area contributed by atoms with E-state index >= 15 is 0 Å². The first-order chi connectivity index (χ1) is 14.1. The van der Waals surface area contributed by atoms with E-state index < -0.39 is 11.9 Å². The summed E-state index contributed by atoms with van der Waals surface area (Å²) in [5, 5.41) is 0.857. The van der Waals surface area contributed by atoms with Gasteiger partial charge in [-0.3, -0.25) is 0 Å². The van der Waals surface area contributed by atoms with Gasteiger partial charge < -0.3 is 23.5 Å². The molecule has 4 rings (SSSR count). The number of rotatable bonds is 4. The molecule has 0 amide bonds. The lowest BCUT2D eigenvalue weighted by molar-refractivity contribution is -0.140. The van der Waals surface area contributed by atoms with Crippen LogP contribution in [-0.2, 0) is 23.8 Å². The molecule has 0 fully saturated rings. The van der Waals surface area contributed by atoms with Crippen LogP contribution in [0.4, 0.5) is 5.69 Å². The van der Waals surface area contributed by atoms with Gasteiger partial charge in [-0.2, -0.15) is 0 Å². The number of fused-ring (bicyclic) bond motifs is 1. The molecule has 7 heteroatoms. The molecule has 2 heterocycles. The van der Waals surface area contributed by atoms with Gasteiger partial charge in [0, 0.05) is 16.6 Å². The number of esters is 2. The standard InChI is InChI=1S/C22H19NO6/c1-26-21(24)17-12-28-13-23(20(17)22(25)27-2)16-8-9-18-15(10-16)11-19(29-18)14-6-4-3-5-7-14/h3-11H,12-13H2,1-2H3. The van der Waals surface area contributed by atoms with Crippen molar-refractivity contribution in [3.63, 3.8) is 0 Å². The Morgan fingerprint density at radius 2 is 1.72 bits per heavy atom. The third-order valence-corrected chi connectivity index (χ3v) is 4.70. The third-order valence-electron chi connectivity index (χ3n) is 4.70. The lowest BCUT2D eigenvalue weighted by Gasteiger charge is -2.31. The summed E-state index contributed by atoms with van der Waals surface area (Å²) in [4.78, 5) is 26.2. The van der Waals surface area contributed by atoms with Gasteiger partial charge >= 0.3 is 11.9 Å². The molecule has 2 aromatic carbocycles. The summed E-state index contributed by atoms with van der Waals surface area (Å²) in [5.74, 6) is -0.525. The van der Waals surface area contributed by atoms with Crippen LogP contribution in [0.15, 0.2) is 70.3 Å². The zero-order chi connectivity index (χ0) is 20.4. The van der Waals surface area contributed by atoms with Gasteiger partial charge in [0.1, 0.15) is 23.8 Å². The third kappa shape index (κ3) is 3.48. The zero-order valence-corrected chi connectivity index (χ0v) is 16.0. The van der Waals surface area contributed by atoms with Crippen LogP contribution in [0.25, 0.3) is 22.3 Å². The maximum absolute atomic E-state index is 12.4. The maximum Gasteiger partial charge on any atom is 0.355 e. The summed E-state index contributed by atoms with van der Waals surface area (Å²) in [5.41, 5.74) is 2.57. The van der Waals surface area contributed by atoms with Crippen molar-refractivity contribution in [1.82, 2.24) is 0 Å². The molecule has 0 N–H and O–H groups in total. The predicted molar refractivity (Wildman–Crippen MR) is 106 cm³/mol. The van der Waals surface area contributed by atoms with Crippen LogP contribution in [0.3, 0.4) is 0 Å². The first-order valence-electron chi connectivity index (χ1n) is 8.96. The molecule has 0 atom stereocenters. The Balaban J connectivity index is 1.78. The zero-order valence-electron chi connectivity index (χ0n) is 16.0. The van der Waals surface area contributed by atoms with Gasteiger partial charge in [0.25, 0.3) is 0 Å². The van der Waals surface area contributed by atoms with Crippen molar-refractivity contribution in [3.05, 3.63) is 65.9 Å². The van der Waals surface area contributed by atoms with Crippen molar-refractivity contribution < 1.29 is 28.2 Å². The summed E-state index contributed by atoms with van der Waals surface area (Å²) < 4.78 is 21.2. The van der Waals surface area contributed by atoms with E-state index in [0.717, 1.165) is 16.7 Å².